The maximum Gasteiger partial charge on any atom is 0.331 e. The minimum absolute atomic E-state index is 1.10. The molecule has 2 N–H and O–H groups in total. The van der Waals surface area contributed by atoms with Crippen LogP contribution in [0, 0.1) is 0 Å². The lowest BCUT2D eigenvalue weighted by Crippen LogP contribution is -1.81. The molecule has 8 heteroatoms. The molecule has 0 aliphatic carbocycles. The van der Waals surface area contributed by atoms with Crippen LogP contribution in [0.4, 0.5) is 0 Å². The average Bonchev–Trinajstić information content (AvgIpc) is 1.63. The van der Waals surface area contributed by atoms with Gasteiger partial charge >= 0.3 is 15.0 Å². The van der Waals surface area contributed by atoms with Gasteiger partial charge < -0.3 is 14.3 Å². The topological polar surface area (TPSA) is 76.0 Å². The molecule has 0 saturated carbocycles. The molecule has 0 aromatic heterocycles. The fourth-order valence-electron chi connectivity index (χ4n) is 0.136. The van der Waals surface area contributed by atoms with Crippen molar-refractivity contribution in [3.63, 3.8) is 0 Å². The van der Waals surface area contributed by atoms with Gasteiger partial charge in [-0.25, -0.2) is 4.31 Å². The summed E-state index contributed by atoms with van der Waals surface area (Å²) in [4.78, 5) is 16.7. The Kier molecular flexibility index (Phi) is 4.09. The van der Waals surface area contributed by atoms with E-state index in [0.29, 0.717) is 0 Å². The van der Waals surface area contributed by atoms with Crippen molar-refractivity contribution in [3.05, 3.63) is 0 Å². The molecule has 56 valence electrons. The Balaban J connectivity index is 3.88. The summed E-state index contributed by atoms with van der Waals surface area (Å²) in [6.07, 6.45) is 0. The van der Waals surface area contributed by atoms with Crippen molar-refractivity contribution in [1.82, 2.24) is 0 Å². The molecule has 0 bridgehead atoms. The van der Waals surface area contributed by atoms with E-state index in [-0.39, 0.29) is 0 Å². The summed E-state index contributed by atoms with van der Waals surface area (Å²) in [5.74, 6) is 0. The van der Waals surface area contributed by atoms with Gasteiger partial charge in [0.25, 0.3) is 0 Å². The molecule has 0 amide bonds. The standard InChI is InChI=1S/CH6O5P2S/c1-5-8(4,9)6-7(2)3/h7H,1H3,(H,2,3)(H,4,9). The Morgan fingerprint density at radius 1 is 1.78 bits per heavy atom. The van der Waals surface area contributed by atoms with Gasteiger partial charge in [-0.15, -0.1) is 0 Å². The van der Waals surface area contributed by atoms with Crippen LogP contribution in [0.2, 0.25) is 0 Å². The first-order valence-electron chi connectivity index (χ1n) is 1.79. The highest BCUT2D eigenvalue weighted by molar-refractivity contribution is 8.08. The van der Waals surface area contributed by atoms with E-state index in [0.717, 1.165) is 7.11 Å². The van der Waals surface area contributed by atoms with Crippen molar-refractivity contribution < 1.29 is 23.2 Å². The second-order valence-electron chi connectivity index (χ2n) is 1.01. The molecular weight excluding hydrogens is 186 g/mol. The van der Waals surface area contributed by atoms with Crippen molar-refractivity contribution in [2.45, 2.75) is 0 Å². The predicted octanol–water partition coefficient (Wildman–Crippen LogP) is 0.248. The first-order valence-corrected chi connectivity index (χ1v) is 5.64. The van der Waals surface area contributed by atoms with Crippen LogP contribution < -0.4 is 0 Å². The molecule has 0 saturated heterocycles. The summed E-state index contributed by atoms with van der Waals surface area (Å²) in [5.41, 5.74) is 0. The molecule has 5 nitrogen and oxygen atoms in total. The molecule has 0 aliphatic heterocycles. The van der Waals surface area contributed by atoms with Gasteiger partial charge in [0.2, 0.25) is 0 Å². The smallest absolute Gasteiger partial charge is 0.326 e. The fourth-order valence-corrected chi connectivity index (χ4v) is 1.80. The van der Waals surface area contributed by atoms with Crippen molar-refractivity contribution in [1.29, 1.82) is 0 Å². The summed E-state index contributed by atoms with van der Waals surface area (Å²) < 4.78 is 18.0. The monoisotopic (exact) mass is 192 g/mol. The Morgan fingerprint density at radius 3 is 2.33 bits per heavy atom. The SMILES string of the molecule is COP(O)(=S)O[PH](=O)O. The van der Waals surface area contributed by atoms with Crippen LogP contribution in [0.15, 0.2) is 0 Å². The van der Waals surface area contributed by atoms with Crippen LogP contribution >= 0.6 is 15.0 Å². The van der Waals surface area contributed by atoms with E-state index in [1.165, 1.54) is 0 Å². The molecular formula is CH6O5P2S. The Hall–Kier alpha value is 0.720. The zero-order chi connectivity index (χ0) is 7.49. The number of hydrogen-bond acceptors (Lipinski definition) is 4. The Morgan fingerprint density at radius 2 is 2.22 bits per heavy atom. The van der Waals surface area contributed by atoms with E-state index >= 15 is 0 Å². The van der Waals surface area contributed by atoms with Crippen LogP contribution in [0.25, 0.3) is 0 Å². The van der Waals surface area contributed by atoms with Gasteiger partial charge in [-0.3, -0.25) is 4.57 Å². The lowest BCUT2D eigenvalue weighted by molar-refractivity contribution is 0.300. The largest absolute Gasteiger partial charge is 0.331 e. The van der Waals surface area contributed by atoms with E-state index in [1.54, 1.807) is 0 Å². The molecule has 0 radical (unpaired) electrons. The summed E-state index contributed by atoms with van der Waals surface area (Å²) in [5, 5.41) is 0. The highest BCUT2D eigenvalue weighted by Gasteiger charge is 2.14. The van der Waals surface area contributed by atoms with Gasteiger partial charge in [0, 0.05) is 7.11 Å². The zero-order valence-corrected chi connectivity index (χ0v) is 7.19. The average molecular weight is 192 g/mol. The Labute approximate surface area is 57.8 Å². The second kappa shape index (κ2) is 3.78. The van der Waals surface area contributed by atoms with E-state index in [1.807, 2.05) is 0 Å². The highest BCUT2D eigenvalue weighted by Crippen LogP contribution is 2.49. The van der Waals surface area contributed by atoms with Gasteiger partial charge in [0.1, 0.15) is 0 Å². The van der Waals surface area contributed by atoms with Crippen LogP contribution in [0.3, 0.4) is 0 Å². The zero-order valence-electron chi connectivity index (χ0n) is 4.47. The third-order valence-corrected chi connectivity index (χ3v) is 3.55. The molecule has 0 aliphatic rings. The van der Waals surface area contributed by atoms with Crippen molar-refractivity contribution in [2.24, 2.45) is 0 Å². The molecule has 9 heavy (non-hydrogen) atoms. The van der Waals surface area contributed by atoms with Gasteiger partial charge in [0.15, 0.2) is 0 Å². The maximum atomic E-state index is 9.86. The van der Waals surface area contributed by atoms with Crippen LogP contribution in [-0.4, -0.2) is 16.9 Å². The summed E-state index contributed by atoms with van der Waals surface area (Å²) in [6.45, 7) is -3.41. The molecule has 0 aromatic rings. The van der Waals surface area contributed by atoms with Crippen molar-refractivity contribution in [2.75, 3.05) is 7.11 Å². The Bertz CT molecular complexity index is 155. The minimum atomic E-state index is -3.41. The number of hydrogen-bond donors (Lipinski definition) is 2. The summed E-state index contributed by atoms with van der Waals surface area (Å²) in [7, 11) is -2.08. The predicted molar refractivity (Wildman–Crippen MR) is 35.8 cm³/mol. The third kappa shape index (κ3) is 5.18. The second-order valence-corrected chi connectivity index (χ2v) is 4.96. The van der Waals surface area contributed by atoms with E-state index in [4.69, 9.17) is 9.79 Å². The minimum Gasteiger partial charge on any atom is -0.326 e. The van der Waals surface area contributed by atoms with E-state index in [2.05, 4.69) is 20.6 Å². The first-order chi connectivity index (χ1) is 3.98. The molecule has 0 heterocycles. The quantitative estimate of drug-likeness (QED) is 0.624. The molecule has 0 rings (SSSR count). The van der Waals surface area contributed by atoms with E-state index < -0.39 is 15.0 Å². The van der Waals surface area contributed by atoms with Crippen LogP contribution in [0.1, 0.15) is 0 Å². The van der Waals surface area contributed by atoms with E-state index in [9.17, 15) is 4.57 Å². The molecule has 2 unspecified atom stereocenters. The van der Waals surface area contributed by atoms with Crippen molar-refractivity contribution >= 4 is 26.8 Å². The summed E-state index contributed by atoms with van der Waals surface area (Å²) >= 11 is 4.21. The third-order valence-electron chi connectivity index (χ3n) is 0.424. The lowest BCUT2D eigenvalue weighted by Gasteiger charge is -2.08. The molecule has 2 atom stereocenters. The first kappa shape index (κ1) is 9.72. The lowest BCUT2D eigenvalue weighted by atomic mass is 11.8. The molecule has 0 spiro atoms. The van der Waals surface area contributed by atoms with Crippen molar-refractivity contribution in [3.8, 4) is 0 Å². The highest BCUT2D eigenvalue weighted by atomic mass is 32.5. The number of rotatable bonds is 3. The summed E-state index contributed by atoms with van der Waals surface area (Å²) in [6, 6.07) is 0. The van der Waals surface area contributed by atoms with Gasteiger partial charge in [-0.05, 0) is 11.8 Å². The van der Waals surface area contributed by atoms with Crippen LogP contribution in [-0.2, 0) is 25.2 Å². The van der Waals surface area contributed by atoms with Gasteiger partial charge in [-0.1, -0.05) is 0 Å². The van der Waals surface area contributed by atoms with Gasteiger partial charge in [0.05, 0.1) is 0 Å². The molecule has 0 fully saturated rings. The van der Waals surface area contributed by atoms with Gasteiger partial charge in [-0.2, -0.15) is 0 Å². The maximum absolute atomic E-state index is 9.86. The normalized spacial score (nSPS) is 20.8. The van der Waals surface area contributed by atoms with Crippen LogP contribution in [0.5, 0.6) is 0 Å². The fraction of sp³-hybridized carbons (Fsp3) is 1.00. The molecule has 0 aromatic carbocycles.